The summed E-state index contributed by atoms with van der Waals surface area (Å²) in [5.41, 5.74) is 2.09. The number of ketones is 2. The van der Waals surface area contributed by atoms with Gasteiger partial charge in [-0.2, -0.15) is 0 Å². The molecule has 188 valence electrons. The standard InChI is InChI=1S/C24H29N3O8/c1-8-11-9(26(2)3)6-7-10(28)13(11)18(29)14-12(8)19(30)16-17(27(4)5)20(31)15(23(25)34)22(33)24(16,35)21(14)32/h6-8,12,16-17,19,28-30,33,35H,1-5H3,(H2,25,34)/t8-,12-,16-,17-,19-,24-/m0/s1. The van der Waals surface area contributed by atoms with Gasteiger partial charge in [-0.3, -0.25) is 19.3 Å². The largest absolute Gasteiger partial charge is 0.508 e. The third-order valence-electron chi connectivity index (χ3n) is 7.57. The first-order valence-corrected chi connectivity index (χ1v) is 11.1. The second-order valence-electron chi connectivity index (χ2n) is 9.84. The summed E-state index contributed by atoms with van der Waals surface area (Å²) in [6, 6.07) is 1.60. The summed E-state index contributed by atoms with van der Waals surface area (Å²) in [6.45, 7) is 1.70. The molecule has 0 radical (unpaired) electrons. The van der Waals surface area contributed by atoms with E-state index in [1.807, 2.05) is 0 Å². The molecule has 11 heteroatoms. The number of likely N-dealkylation sites (N-methyl/N-ethyl adjacent to an activating group) is 1. The van der Waals surface area contributed by atoms with Crippen LogP contribution in [0.5, 0.6) is 5.75 Å². The highest BCUT2D eigenvalue weighted by Crippen LogP contribution is 2.57. The third-order valence-corrected chi connectivity index (χ3v) is 7.57. The molecule has 1 amide bonds. The van der Waals surface area contributed by atoms with E-state index in [0.717, 1.165) is 0 Å². The van der Waals surface area contributed by atoms with Crippen molar-refractivity contribution in [1.82, 2.24) is 4.90 Å². The molecule has 7 N–H and O–H groups in total. The van der Waals surface area contributed by atoms with Crippen molar-refractivity contribution in [3.05, 3.63) is 40.2 Å². The number of amides is 1. The van der Waals surface area contributed by atoms with Crippen LogP contribution < -0.4 is 10.6 Å². The van der Waals surface area contributed by atoms with E-state index in [-0.39, 0.29) is 11.3 Å². The van der Waals surface area contributed by atoms with Gasteiger partial charge < -0.3 is 36.2 Å². The monoisotopic (exact) mass is 487 g/mol. The van der Waals surface area contributed by atoms with Crippen molar-refractivity contribution in [2.75, 3.05) is 33.1 Å². The zero-order valence-electron chi connectivity index (χ0n) is 20.0. The van der Waals surface area contributed by atoms with Gasteiger partial charge in [0.05, 0.1) is 23.6 Å². The second kappa shape index (κ2) is 7.80. The molecule has 1 fully saturated rings. The van der Waals surface area contributed by atoms with E-state index in [4.69, 9.17) is 5.73 Å². The molecule has 1 aromatic rings. The highest BCUT2D eigenvalue weighted by atomic mass is 16.4. The normalized spacial score (nSPS) is 32.4. The number of rotatable bonds is 3. The quantitative estimate of drug-likeness (QED) is 0.305. The van der Waals surface area contributed by atoms with Crippen LogP contribution in [0.25, 0.3) is 5.76 Å². The number of carbonyl (C=O) groups excluding carboxylic acids is 3. The van der Waals surface area contributed by atoms with Crippen molar-refractivity contribution >= 4 is 28.9 Å². The number of carbonyl (C=O) groups is 3. The number of aromatic hydroxyl groups is 1. The molecule has 0 saturated heterocycles. The molecule has 35 heavy (non-hydrogen) atoms. The summed E-state index contributed by atoms with van der Waals surface area (Å²) in [6.07, 6.45) is -1.62. The Kier molecular flexibility index (Phi) is 5.51. The second-order valence-corrected chi connectivity index (χ2v) is 9.84. The Morgan fingerprint density at radius 1 is 1.09 bits per heavy atom. The maximum Gasteiger partial charge on any atom is 0.255 e. The summed E-state index contributed by atoms with van der Waals surface area (Å²) in [5.74, 6) is -9.04. The molecule has 4 rings (SSSR count). The van der Waals surface area contributed by atoms with Crippen LogP contribution in [0.3, 0.4) is 0 Å². The molecule has 3 aliphatic carbocycles. The molecule has 11 nitrogen and oxygen atoms in total. The fourth-order valence-electron chi connectivity index (χ4n) is 6.06. The summed E-state index contributed by atoms with van der Waals surface area (Å²) in [5, 5.41) is 55.9. The van der Waals surface area contributed by atoms with Crippen molar-refractivity contribution in [1.29, 1.82) is 0 Å². The van der Waals surface area contributed by atoms with Crippen LogP contribution in [0.2, 0.25) is 0 Å². The number of Topliss-reactive ketones (excluding diaryl/α,β-unsaturated/α-hetero) is 2. The van der Waals surface area contributed by atoms with Crippen molar-refractivity contribution in [2.24, 2.45) is 17.6 Å². The highest BCUT2D eigenvalue weighted by Gasteiger charge is 2.68. The molecule has 0 unspecified atom stereocenters. The van der Waals surface area contributed by atoms with Crippen molar-refractivity contribution in [2.45, 2.75) is 30.6 Å². The van der Waals surface area contributed by atoms with Gasteiger partial charge in [-0.1, -0.05) is 6.92 Å². The lowest BCUT2D eigenvalue weighted by atomic mass is 9.54. The number of phenols is 1. The van der Waals surface area contributed by atoms with Crippen LogP contribution in [0, 0.1) is 11.8 Å². The number of anilines is 1. The smallest absolute Gasteiger partial charge is 0.255 e. The first-order valence-electron chi connectivity index (χ1n) is 11.1. The van der Waals surface area contributed by atoms with Crippen molar-refractivity contribution < 1.29 is 39.9 Å². The maximum absolute atomic E-state index is 13.9. The predicted molar refractivity (Wildman–Crippen MR) is 125 cm³/mol. The Hall–Kier alpha value is -3.41. The molecule has 1 aromatic carbocycles. The molecule has 3 aliphatic rings. The number of aliphatic hydroxyl groups is 4. The van der Waals surface area contributed by atoms with Gasteiger partial charge in [0.25, 0.3) is 5.91 Å². The number of nitrogens with two attached hydrogens (primary N) is 1. The van der Waals surface area contributed by atoms with E-state index in [1.165, 1.54) is 25.1 Å². The Morgan fingerprint density at radius 2 is 1.69 bits per heavy atom. The van der Waals surface area contributed by atoms with Crippen LogP contribution in [0.4, 0.5) is 5.69 Å². The number of aliphatic hydroxyl groups excluding tert-OH is 3. The third kappa shape index (κ3) is 2.98. The molecular weight excluding hydrogens is 458 g/mol. The Bertz CT molecular complexity index is 1230. The molecular formula is C24H29N3O8. The highest BCUT2D eigenvalue weighted by molar-refractivity contribution is 6.24. The minimum absolute atomic E-state index is 0.0350. The molecule has 0 bridgehead atoms. The van der Waals surface area contributed by atoms with Crippen LogP contribution >= 0.6 is 0 Å². The average molecular weight is 488 g/mol. The number of phenolic OH excluding ortho intramolecular Hbond substituents is 1. The molecule has 6 atom stereocenters. The molecule has 0 spiro atoms. The summed E-state index contributed by atoms with van der Waals surface area (Å²) in [7, 11) is 6.44. The fourth-order valence-corrected chi connectivity index (χ4v) is 6.06. The van der Waals surface area contributed by atoms with Gasteiger partial charge in [-0.05, 0) is 37.7 Å². The van der Waals surface area contributed by atoms with Gasteiger partial charge >= 0.3 is 0 Å². The van der Waals surface area contributed by atoms with E-state index >= 15 is 0 Å². The summed E-state index contributed by atoms with van der Waals surface area (Å²) < 4.78 is 0. The SMILES string of the molecule is C[C@H]1c2c(N(C)C)ccc(O)c2C(O)=C2C(=O)[C@]3(O)C(O)=C(C(N)=O)C(=O)[C@@H](N(C)C)[C@H]3[C@@H](O)[C@H]21. The molecule has 0 heterocycles. The van der Waals surface area contributed by atoms with Crippen LogP contribution in [0.1, 0.15) is 24.0 Å². The zero-order valence-corrected chi connectivity index (χ0v) is 20.0. The van der Waals surface area contributed by atoms with Gasteiger partial charge in [-0.25, -0.2) is 0 Å². The molecule has 1 saturated carbocycles. The zero-order chi connectivity index (χ0) is 26.3. The number of primary amides is 1. The summed E-state index contributed by atoms with van der Waals surface area (Å²) in [4.78, 5) is 42.1. The van der Waals surface area contributed by atoms with E-state index in [1.54, 1.807) is 32.0 Å². The van der Waals surface area contributed by atoms with Gasteiger partial charge in [0.2, 0.25) is 5.78 Å². The minimum Gasteiger partial charge on any atom is -0.508 e. The van der Waals surface area contributed by atoms with E-state index in [9.17, 15) is 39.9 Å². The van der Waals surface area contributed by atoms with E-state index in [0.29, 0.717) is 11.3 Å². The van der Waals surface area contributed by atoms with Gasteiger partial charge in [-0.15, -0.1) is 0 Å². The van der Waals surface area contributed by atoms with Crippen LogP contribution in [-0.4, -0.2) is 93.8 Å². The van der Waals surface area contributed by atoms with Gasteiger partial charge in [0.1, 0.15) is 22.8 Å². The number of nitrogens with zero attached hydrogens (tertiary/aromatic N) is 2. The Morgan fingerprint density at radius 3 is 2.20 bits per heavy atom. The topological polar surface area (TPSA) is 185 Å². The lowest BCUT2D eigenvalue weighted by Gasteiger charge is -2.54. The van der Waals surface area contributed by atoms with Gasteiger partial charge in [0.15, 0.2) is 11.4 Å². The van der Waals surface area contributed by atoms with Crippen LogP contribution in [0.15, 0.2) is 29.0 Å². The van der Waals surface area contributed by atoms with Crippen molar-refractivity contribution in [3.8, 4) is 5.75 Å². The maximum atomic E-state index is 13.9. The molecule has 0 aliphatic heterocycles. The predicted octanol–water partition coefficient (Wildman–Crippen LogP) is -0.438. The van der Waals surface area contributed by atoms with Crippen molar-refractivity contribution in [3.63, 3.8) is 0 Å². The van der Waals surface area contributed by atoms with Gasteiger partial charge in [0, 0.05) is 31.3 Å². The summed E-state index contributed by atoms with van der Waals surface area (Å²) >= 11 is 0. The Balaban J connectivity index is 2.09. The molecule has 0 aromatic heterocycles. The fraction of sp³-hybridized carbons (Fsp3) is 0.458. The van der Waals surface area contributed by atoms with E-state index in [2.05, 4.69) is 0 Å². The number of benzene rings is 1. The first-order chi connectivity index (χ1) is 16.2. The number of hydrogen-bond acceptors (Lipinski definition) is 10. The number of fused-ring (bicyclic) bond motifs is 3. The lowest BCUT2D eigenvalue weighted by molar-refractivity contribution is -0.169. The van der Waals surface area contributed by atoms with Crippen LogP contribution in [-0.2, 0) is 14.4 Å². The van der Waals surface area contributed by atoms with E-state index < -0.39 is 75.6 Å². The number of hydrogen-bond donors (Lipinski definition) is 6. The minimum atomic E-state index is -2.92. The average Bonchev–Trinajstić information content (AvgIpc) is 2.75. The first kappa shape index (κ1) is 24.7. The Labute approximate surface area is 201 Å². The lowest BCUT2D eigenvalue weighted by Crippen LogP contribution is -2.70.